The van der Waals surface area contributed by atoms with Crippen molar-refractivity contribution in [3.05, 3.63) is 67.8 Å². The Bertz CT molecular complexity index is 1040. The molecule has 0 unspecified atom stereocenters. The lowest BCUT2D eigenvalue weighted by molar-refractivity contribution is -0.385. The normalized spacial score (nSPS) is 10.5. The quantitative estimate of drug-likeness (QED) is 0.122. The zero-order chi connectivity index (χ0) is 27.9. The number of hydrogen-bond acceptors (Lipinski definition) is 6. The Morgan fingerprint density at radius 2 is 0.974 bits per heavy atom. The molecule has 0 spiro atoms. The number of rotatable bonds is 15. The summed E-state index contributed by atoms with van der Waals surface area (Å²) in [5.41, 5.74) is 1.78. The molecule has 206 valence electrons. The maximum absolute atomic E-state index is 12.0. The molecule has 12 nitrogen and oxygen atoms in total. The molecule has 12 heteroatoms. The first-order chi connectivity index (χ1) is 18.2. The molecule has 0 bridgehead atoms. The zero-order valence-corrected chi connectivity index (χ0v) is 21.9. The highest BCUT2D eigenvalue weighted by molar-refractivity contribution is 5.90. The van der Waals surface area contributed by atoms with E-state index < -0.39 is 9.85 Å². The summed E-state index contributed by atoms with van der Waals surface area (Å²) in [5, 5.41) is 32.8. The molecule has 0 saturated heterocycles. The van der Waals surface area contributed by atoms with Gasteiger partial charge in [0.2, 0.25) is 0 Å². The van der Waals surface area contributed by atoms with Gasteiger partial charge in [-0.1, -0.05) is 50.7 Å². The number of hydrogen-bond donors (Lipinski definition) is 4. The second-order valence-corrected chi connectivity index (χ2v) is 9.11. The molecule has 0 radical (unpaired) electrons. The van der Waals surface area contributed by atoms with Crippen LogP contribution in [0.3, 0.4) is 0 Å². The molecule has 0 fully saturated rings. The average molecular weight is 529 g/mol. The lowest BCUT2D eigenvalue weighted by Crippen LogP contribution is -2.29. The van der Waals surface area contributed by atoms with E-state index in [9.17, 15) is 29.8 Å². The van der Waals surface area contributed by atoms with Crippen molar-refractivity contribution in [1.29, 1.82) is 0 Å². The van der Waals surface area contributed by atoms with Gasteiger partial charge in [-0.2, -0.15) is 0 Å². The van der Waals surface area contributed by atoms with Gasteiger partial charge in [0, 0.05) is 47.7 Å². The third-order valence-electron chi connectivity index (χ3n) is 6.00. The van der Waals surface area contributed by atoms with Crippen LogP contribution >= 0.6 is 0 Å². The summed E-state index contributed by atoms with van der Waals surface area (Å²) >= 11 is 0. The Morgan fingerprint density at radius 3 is 1.32 bits per heavy atom. The average Bonchev–Trinajstić information content (AvgIpc) is 2.86. The maximum atomic E-state index is 12.0. The van der Waals surface area contributed by atoms with Crippen molar-refractivity contribution in [3.63, 3.8) is 0 Å². The minimum Gasteiger partial charge on any atom is -0.338 e. The van der Waals surface area contributed by atoms with Crippen LogP contribution in [0.4, 0.5) is 32.3 Å². The predicted molar refractivity (Wildman–Crippen MR) is 147 cm³/mol. The Morgan fingerprint density at radius 1 is 0.632 bits per heavy atom. The lowest BCUT2D eigenvalue weighted by atomic mass is 10.1. The summed E-state index contributed by atoms with van der Waals surface area (Å²) in [7, 11) is 0. The number of urea groups is 2. The number of benzene rings is 2. The fourth-order valence-corrected chi connectivity index (χ4v) is 3.83. The summed E-state index contributed by atoms with van der Waals surface area (Å²) in [6.07, 6.45) is 8.02. The Kier molecular flexibility index (Phi) is 12.5. The van der Waals surface area contributed by atoms with E-state index in [0.29, 0.717) is 35.6 Å². The summed E-state index contributed by atoms with van der Waals surface area (Å²) < 4.78 is 0. The van der Waals surface area contributed by atoms with Gasteiger partial charge in [0.05, 0.1) is 9.85 Å². The lowest BCUT2D eigenvalue weighted by Gasteiger charge is -2.09. The van der Waals surface area contributed by atoms with Crippen LogP contribution in [-0.4, -0.2) is 35.0 Å². The standard InChI is InChI=1S/C26H36N6O6/c1-19-11-13-21(17-23(19)31(35)36)29-25(33)27-15-9-7-5-3-4-6-8-10-16-28-26(34)30-22-14-12-20(2)24(18-22)32(37)38/h11-14,17-18H,3-10,15-16H2,1-2H3,(H2,27,29,33)(H2,28,30,34). The van der Waals surface area contributed by atoms with Gasteiger partial charge in [0.1, 0.15) is 0 Å². The molecule has 0 aliphatic rings. The molecule has 4 amide bonds. The van der Waals surface area contributed by atoms with Crippen LogP contribution in [0.15, 0.2) is 36.4 Å². The zero-order valence-electron chi connectivity index (χ0n) is 21.9. The van der Waals surface area contributed by atoms with Crippen molar-refractivity contribution in [2.75, 3.05) is 23.7 Å². The number of nitrogens with one attached hydrogen (secondary N) is 4. The van der Waals surface area contributed by atoms with E-state index in [2.05, 4.69) is 21.3 Å². The highest BCUT2D eigenvalue weighted by atomic mass is 16.6. The molecule has 0 atom stereocenters. The van der Waals surface area contributed by atoms with Crippen LogP contribution in [0.1, 0.15) is 62.5 Å². The number of carbonyl (C=O) groups excluding carboxylic acids is 2. The molecule has 0 heterocycles. The van der Waals surface area contributed by atoms with Crippen LogP contribution in [-0.2, 0) is 0 Å². The van der Waals surface area contributed by atoms with Gasteiger partial charge >= 0.3 is 12.1 Å². The third kappa shape index (κ3) is 10.8. The second-order valence-electron chi connectivity index (χ2n) is 9.11. The number of nitro benzene ring substituents is 2. The number of nitrogens with zero attached hydrogens (tertiary/aromatic N) is 2. The van der Waals surface area contributed by atoms with Crippen molar-refractivity contribution >= 4 is 34.8 Å². The monoisotopic (exact) mass is 528 g/mol. The first-order valence-electron chi connectivity index (χ1n) is 12.8. The number of anilines is 2. The van der Waals surface area contributed by atoms with Crippen LogP contribution in [0, 0.1) is 34.1 Å². The minimum atomic E-state index is -0.472. The minimum absolute atomic E-state index is 0.0299. The van der Waals surface area contributed by atoms with E-state index in [0.717, 1.165) is 51.4 Å². The first-order valence-corrected chi connectivity index (χ1v) is 12.8. The Labute approximate surface area is 221 Å². The van der Waals surface area contributed by atoms with Crippen molar-refractivity contribution in [1.82, 2.24) is 10.6 Å². The molecular weight excluding hydrogens is 492 g/mol. The van der Waals surface area contributed by atoms with Crippen molar-refractivity contribution in [2.24, 2.45) is 0 Å². The summed E-state index contributed by atoms with van der Waals surface area (Å²) in [4.78, 5) is 45.0. The SMILES string of the molecule is Cc1ccc(NC(=O)NCCCCCCCCCCNC(=O)Nc2ccc(C)c([N+](=O)[O-])c2)cc1[N+](=O)[O-]. The molecule has 0 aliphatic carbocycles. The molecule has 2 aromatic carbocycles. The first kappa shape index (κ1) is 30.0. The fourth-order valence-electron chi connectivity index (χ4n) is 3.83. The molecule has 0 aromatic heterocycles. The predicted octanol–water partition coefficient (Wildman–Crippen LogP) is 6.18. The van der Waals surface area contributed by atoms with E-state index in [-0.39, 0.29) is 23.4 Å². The van der Waals surface area contributed by atoms with Gasteiger partial charge in [-0.05, 0) is 38.8 Å². The third-order valence-corrected chi connectivity index (χ3v) is 6.00. The Balaban J connectivity index is 1.45. The van der Waals surface area contributed by atoms with Gasteiger partial charge in [-0.3, -0.25) is 20.2 Å². The molecule has 38 heavy (non-hydrogen) atoms. The maximum Gasteiger partial charge on any atom is 0.319 e. The highest BCUT2D eigenvalue weighted by Crippen LogP contribution is 2.23. The van der Waals surface area contributed by atoms with E-state index >= 15 is 0 Å². The van der Waals surface area contributed by atoms with Crippen LogP contribution < -0.4 is 21.3 Å². The molecule has 0 saturated carbocycles. The second kappa shape index (κ2) is 15.8. The van der Waals surface area contributed by atoms with Crippen molar-refractivity contribution in [2.45, 2.75) is 65.2 Å². The van der Waals surface area contributed by atoms with Crippen LogP contribution in [0.2, 0.25) is 0 Å². The number of unbranched alkanes of at least 4 members (excludes halogenated alkanes) is 7. The summed E-state index contributed by atoms with van der Waals surface area (Å²) in [6.45, 7) is 4.36. The number of aryl methyl sites for hydroxylation is 2. The summed E-state index contributed by atoms with van der Waals surface area (Å²) in [6, 6.07) is 8.40. The van der Waals surface area contributed by atoms with E-state index in [4.69, 9.17) is 0 Å². The van der Waals surface area contributed by atoms with Crippen molar-refractivity contribution in [3.8, 4) is 0 Å². The van der Waals surface area contributed by atoms with Crippen LogP contribution in [0.5, 0.6) is 0 Å². The molecule has 2 rings (SSSR count). The smallest absolute Gasteiger partial charge is 0.319 e. The van der Waals surface area contributed by atoms with E-state index in [1.54, 1.807) is 38.1 Å². The molecule has 4 N–H and O–H groups in total. The van der Waals surface area contributed by atoms with Gasteiger partial charge < -0.3 is 21.3 Å². The van der Waals surface area contributed by atoms with Gasteiger partial charge in [-0.25, -0.2) is 9.59 Å². The van der Waals surface area contributed by atoms with Gasteiger partial charge in [0.25, 0.3) is 11.4 Å². The number of nitro groups is 2. The fraction of sp³-hybridized carbons (Fsp3) is 0.462. The molecule has 2 aromatic rings. The number of carbonyl (C=O) groups is 2. The topological polar surface area (TPSA) is 169 Å². The van der Waals surface area contributed by atoms with Crippen molar-refractivity contribution < 1.29 is 19.4 Å². The van der Waals surface area contributed by atoms with Crippen LogP contribution in [0.25, 0.3) is 0 Å². The van der Waals surface area contributed by atoms with Gasteiger partial charge in [-0.15, -0.1) is 0 Å². The molecular formula is C26H36N6O6. The Hall–Kier alpha value is -4.22. The van der Waals surface area contributed by atoms with Gasteiger partial charge in [0.15, 0.2) is 0 Å². The molecule has 0 aliphatic heterocycles. The summed E-state index contributed by atoms with van der Waals surface area (Å²) in [5.74, 6) is 0. The highest BCUT2D eigenvalue weighted by Gasteiger charge is 2.13. The van der Waals surface area contributed by atoms with E-state index in [1.807, 2.05) is 0 Å². The number of amides is 4. The van der Waals surface area contributed by atoms with E-state index in [1.165, 1.54) is 12.1 Å². The largest absolute Gasteiger partial charge is 0.338 e.